The van der Waals surface area contributed by atoms with E-state index in [-0.39, 0.29) is 19.7 Å². The zero-order valence-electron chi connectivity index (χ0n) is 5.69. The molecule has 0 heterocycles. The molecular weight excluding hydrogens is 134 g/mol. The van der Waals surface area contributed by atoms with Gasteiger partial charge in [0.15, 0.2) is 0 Å². The normalized spacial score (nSPS) is 9.80. The van der Waals surface area contributed by atoms with Crippen molar-refractivity contribution in [2.75, 3.05) is 26.2 Å². The van der Waals surface area contributed by atoms with Crippen LogP contribution in [0, 0.1) is 0 Å². The highest BCUT2D eigenvalue weighted by Gasteiger charge is 1.99. The van der Waals surface area contributed by atoms with Crippen molar-refractivity contribution < 1.29 is 14.7 Å². The van der Waals surface area contributed by atoms with Gasteiger partial charge in [-0.05, 0) is 0 Å². The third-order valence-electron chi connectivity index (χ3n) is 1.08. The van der Waals surface area contributed by atoms with E-state index in [4.69, 9.17) is 5.11 Å². The van der Waals surface area contributed by atoms with Crippen molar-refractivity contribution in [2.24, 2.45) is 0 Å². The number of aldehydes is 2. The smallest absolute Gasteiger partial charge is 0.133 e. The highest BCUT2D eigenvalue weighted by Crippen LogP contribution is 1.80. The maximum Gasteiger partial charge on any atom is 0.133 e. The predicted molar refractivity (Wildman–Crippen MR) is 35.7 cm³/mol. The highest BCUT2D eigenvalue weighted by molar-refractivity contribution is 5.56. The Morgan fingerprint density at radius 1 is 1.20 bits per heavy atom. The van der Waals surface area contributed by atoms with Crippen molar-refractivity contribution in [3.63, 3.8) is 0 Å². The van der Waals surface area contributed by atoms with Gasteiger partial charge in [-0.2, -0.15) is 0 Å². The van der Waals surface area contributed by atoms with Crippen molar-refractivity contribution in [1.82, 2.24) is 4.90 Å². The molecule has 1 N–H and O–H groups in total. The summed E-state index contributed by atoms with van der Waals surface area (Å²) in [6.07, 6.45) is 1.42. The first-order valence-electron chi connectivity index (χ1n) is 3.05. The van der Waals surface area contributed by atoms with E-state index in [0.717, 1.165) is 0 Å². The Morgan fingerprint density at radius 2 is 1.70 bits per heavy atom. The predicted octanol–water partition coefficient (Wildman–Crippen LogP) is -1.32. The number of carbonyl (C=O) groups excluding carboxylic acids is 2. The molecule has 0 fully saturated rings. The van der Waals surface area contributed by atoms with Crippen molar-refractivity contribution in [2.45, 2.75) is 0 Å². The monoisotopic (exact) mass is 145 g/mol. The topological polar surface area (TPSA) is 57.6 Å². The van der Waals surface area contributed by atoms with Crippen molar-refractivity contribution in [3.05, 3.63) is 0 Å². The molecule has 0 aliphatic heterocycles. The molecule has 0 radical (unpaired) electrons. The Hall–Kier alpha value is -0.740. The lowest BCUT2D eigenvalue weighted by Crippen LogP contribution is -2.30. The molecule has 4 nitrogen and oxygen atoms in total. The summed E-state index contributed by atoms with van der Waals surface area (Å²) in [4.78, 5) is 21.4. The van der Waals surface area contributed by atoms with Gasteiger partial charge < -0.3 is 14.7 Å². The van der Waals surface area contributed by atoms with Crippen LogP contribution in [0.25, 0.3) is 0 Å². The number of rotatable bonds is 6. The van der Waals surface area contributed by atoms with Crippen LogP contribution in [0.3, 0.4) is 0 Å². The van der Waals surface area contributed by atoms with Gasteiger partial charge in [0.1, 0.15) is 12.6 Å². The number of nitrogens with zero attached hydrogens (tertiary/aromatic N) is 1. The second-order valence-electron chi connectivity index (χ2n) is 1.82. The SMILES string of the molecule is O=CCN(CC=O)CCO. The van der Waals surface area contributed by atoms with Gasteiger partial charge in [-0.15, -0.1) is 0 Å². The van der Waals surface area contributed by atoms with Crippen LogP contribution >= 0.6 is 0 Å². The molecule has 0 aromatic heterocycles. The van der Waals surface area contributed by atoms with E-state index in [9.17, 15) is 9.59 Å². The van der Waals surface area contributed by atoms with E-state index >= 15 is 0 Å². The second kappa shape index (κ2) is 6.38. The summed E-state index contributed by atoms with van der Waals surface area (Å²) in [7, 11) is 0. The molecule has 0 saturated heterocycles. The number of aliphatic hydroxyl groups is 1. The van der Waals surface area contributed by atoms with Gasteiger partial charge in [0.25, 0.3) is 0 Å². The standard InChI is InChI=1S/C6H11NO3/c8-4-1-7(2-5-9)3-6-10/h4-5,10H,1-3,6H2. The molecule has 0 amide bonds. The quantitative estimate of drug-likeness (QED) is 0.471. The molecule has 58 valence electrons. The molecule has 0 aromatic rings. The highest BCUT2D eigenvalue weighted by atomic mass is 16.3. The van der Waals surface area contributed by atoms with Gasteiger partial charge in [-0.3, -0.25) is 4.90 Å². The lowest BCUT2D eigenvalue weighted by atomic mass is 10.5. The van der Waals surface area contributed by atoms with Gasteiger partial charge in [0.2, 0.25) is 0 Å². The number of carbonyl (C=O) groups is 2. The Labute approximate surface area is 59.4 Å². The van der Waals surface area contributed by atoms with E-state index in [2.05, 4.69) is 0 Å². The van der Waals surface area contributed by atoms with Crippen LogP contribution in [0.2, 0.25) is 0 Å². The summed E-state index contributed by atoms with van der Waals surface area (Å²) in [5, 5.41) is 8.42. The van der Waals surface area contributed by atoms with E-state index in [1.165, 1.54) is 0 Å². The summed E-state index contributed by atoms with van der Waals surface area (Å²) in [6, 6.07) is 0. The van der Waals surface area contributed by atoms with Crippen LogP contribution in [0.5, 0.6) is 0 Å². The zero-order chi connectivity index (χ0) is 7.82. The van der Waals surface area contributed by atoms with E-state index in [1.807, 2.05) is 0 Å². The maximum absolute atomic E-state index is 9.93. The van der Waals surface area contributed by atoms with Gasteiger partial charge in [0.05, 0.1) is 19.7 Å². The minimum Gasteiger partial charge on any atom is -0.395 e. The summed E-state index contributed by atoms with van der Waals surface area (Å²) in [6.45, 7) is 0.762. The number of hydrogen-bond donors (Lipinski definition) is 1. The minimum atomic E-state index is -0.0261. The fourth-order valence-electron chi connectivity index (χ4n) is 0.609. The van der Waals surface area contributed by atoms with Crippen LogP contribution in [0.15, 0.2) is 0 Å². The lowest BCUT2D eigenvalue weighted by Gasteiger charge is -2.13. The van der Waals surface area contributed by atoms with E-state index in [1.54, 1.807) is 4.90 Å². The molecule has 0 atom stereocenters. The fraction of sp³-hybridized carbons (Fsp3) is 0.667. The lowest BCUT2D eigenvalue weighted by molar-refractivity contribution is -0.111. The molecule has 0 unspecified atom stereocenters. The summed E-state index contributed by atoms with van der Waals surface area (Å²) in [5.41, 5.74) is 0. The average Bonchev–Trinajstić information content (AvgIpc) is 1.90. The molecule has 0 rings (SSSR count). The maximum atomic E-state index is 9.93. The van der Waals surface area contributed by atoms with E-state index in [0.29, 0.717) is 19.1 Å². The fourth-order valence-corrected chi connectivity index (χ4v) is 0.609. The third kappa shape index (κ3) is 4.17. The Kier molecular flexibility index (Phi) is 5.91. The second-order valence-corrected chi connectivity index (χ2v) is 1.82. The Bertz CT molecular complexity index is 95.2. The first kappa shape index (κ1) is 9.26. The molecule has 4 heteroatoms. The Balaban J connectivity index is 3.48. The first-order valence-corrected chi connectivity index (χ1v) is 3.05. The Morgan fingerprint density at radius 3 is 2.00 bits per heavy atom. The number of aliphatic hydroxyl groups excluding tert-OH is 1. The van der Waals surface area contributed by atoms with Gasteiger partial charge in [0, 0.05) is 6.54 Å². The van der Waals surface area contributed by atoms with Gasteiger partial charge in [-0.25, -0.2) is 0 Å². The molecule has 10 heavy (non-hydrogen) atoms. The van der Waals surface area contributed by atoms with Crippen molar-refractivity contribution >= 4 is 12.6 Å². The molecular formula is C6H11NO3. The largest absolute Gasteiger partial charge is 0.395 e. The van der Waals surface area contributed by atoms with Crippen LogP contribution in [0.4, 0.5) is 0 Å². The first-order chi connectivity index (χ1) is 4.85. The summed E-state index contributed by atoms with van der Waals surface area (Å²) < 4.78 is 0. The molecule has 0 saturated carbocycles. The van der Waals surface area contributed by atoms with Crippen molar-refractivity contribution in [3.8, 4) is 0 Å². The molecule has 0 aliphatic rings. The third-order valence-corrected chi connectivity index (χ3v) is 1.08. The molecule has 0 aliphatic carbocycles. The number of hydrogen-bond acceptors (Lipinski definition) is 4. The van der Waals surface area contributed by atoms with Crippen LogP contribution in [-0.2, 0) is 9.59 Å². The van der Waals surface area contributed by atoms with Crippen LogP contribution < -0.4 is 0 Å². The van der Waals surface area contributed by atoms with Crippen LogP contribution in [0.1, 0.15) is 0 Å². The minimum absolute atomic E-state index is 0.0261. The zero-order valence-corrected chi connectivity index (χ0v) is 5.69. The van der Waals surface area contributed by atoms with Gasteiger partial charge in [-0.1, -0.05) is 0 Å². The average molecular weight is 145 g/mol. The molecule has 0 bridgehead atoms. The molecule has 0 spiro atoms. The van der Waals surface area contributed by atoms with Crippen molar-refractivity contribution in [1.29, 1.82) is 0 Å². The van der Waals surface area contributed by atoms with Crippen LogP contribution in [-0.4, -0.2) is 48.8 Å². The summed E-state index contributed by atoms with van der Waals surface area (Å²) >= 11 is 0. The van der Waals surface area contributed by atoms with E-state index < -0.39 is 0 Å². The van der Waals surface area contributed by atoms with Gasteiger partial charge >= 0.3 is 0 Å². The molecule has 0 aromatic carbocycles. The summed E-state index contributed by atoms with van der Waals surface area (Å²) in [5.74, 6) is 0.